The van der Waals surface area contributed by atoms with Gasteiger partial charge < -0.3 is 14.8 Å². The van der Waals surface area contributed by atoms with Crippen LogP contribution >= 0.6 is 0 Å². The summed E-state index contributed by atoms with van der Waals surface area (Å²) in [5.74, 6) is -0.763. The fourth-order valence-electron chi connectivity index (χ4n) is 4.61. The number of benzene rings is 2. The van der Waals surface area contributed by atoms with E-state index in [1.807, 2.05) is 4.90 Å². The second-order valence-electron chi connectivity index (χ2n) is 9.34. The van der Waals surface area contributed by atoms with Gasteiger partial charge in [-0.05, 0) is 57.0 Å². The SMILES string of the molecule is CC(C)N(C1CCN(CC(=O)Nc2ccc3c(c2)OC(F)(F)O3)CC1)S(=O)(=O)c1cccc(C(F)(F)F)c1. The lowest BCUT2D eigenvalue weighted by Gasteiger charge is -2.39. The minimum absolute atomic E-state index is 0.0284. The second kappa shape index (κ2) is 10.3. The summed E-state index contributed by atoms with van der Waals surface area (Å²) in [5, 5.41) is 2.60. The molecule has 1 N–H and O–H groups in total. The van der Waals surface area contributed by atoms with Crippen LogP contribution in [0.15, 0.2) is 47.4 Å². The summed E-state index contributed by atoms with van der Waals surface area (Å²) in [6, 6.07) is 6.58. The quantitative estimate of drug-likeness (QED) is 0.499. The molecule has 2 aromatic carbocycles. The number of anilines is 1. The van der Waals surface area contributed by atoms with Crippen molar-refractivity contribution in [3.8, 4) is 11.5 Å². The third kappa shape index (κ3) is 6.18. The van der Waals surface area contributed by atoms with Gasteiger partial charge in [0.1, 0.15) is 0 Å². The summed E-state index contributed by atoms with van der Waals surface area (Å²) in [6.45, 7) is 4.03. The highest BCUT2D eigenvalue weighted by atomic mass is 32.2. The van der Waals surface area contributed by atoms with E-state index in [-0.39, 0.29) is 23.7 Å². The van der Waals surface area contributed by atoms with Gasteiger partial charge in [-0.2, -0.15) is 17.5 Å². The number of amides is 1. The van der Waals surface area contributed by atoms with Gasteiger partial charge in [0.25, 0.3) is 0 Å². The normalized spacial score (nSPS) is 18.2. The molecule has 0 saturated carbocycles. The molecule has 1 amide bonds. The lowest BCUT2D eigenvalue weighted by Crippen LogP contribution is -2.51. The molecule has 0 unspecified atom stereocenters. The molecule has 208 valence electrons. The lowest BCUT2D eigenvalue weighted by atomic mass is 10.0. The lowest BCUT2D eigenvalue weighted by molar-refractivity contribution is -0.286. The Labute approximate surface area is 216 Å². The largest absolute Gasteiger partial charge is 0.586 e. The topological polar surface area (TPSA) is 88.2 Å². The molecule has 0 atom stereocenters. The fraction of sp³-hybridized carbons (Fsp3) is 0.458. The predicted octanol–water partition coefficient (Wildman–Crippen LogP) is 4.53. The van der Waals surface area contributed by atoms with Gasteiger partial charge in [-0.3, -0.25) is 9.69 Å². The van der Waals surface area contributed by atoms with Crippen LogP contribution in [-0.4, -0.2) is 61.5 Å². The van der Waals surface area contributed by atoms with Gasteiger partial charge in [0.2, 0.25) is 15.9 Å². The maximum atomic E-state index is 13.4. The van der Waals surface area contributed by atoms with E-state index in [2.05, 4.69) is 14.8 Å². The Kier molecular flexibility index (Phi) is 7.60. The molecule has 2 aliphatic heterocycles. The van der Waals surface area contributed by atoms with Crippen LogP contribution in [-0.2, 0) is 21.0 Å². The van der Waals surface area contributed by atoms with Crippen molar-refractivity contribution in [2.24, 2.45) is 0 Å². The van der Waals surface area contributed by atoms with E-state index in [4.69, 9.17) is 0 Å². The molecule has 0 aromatic heterocycles. The molecule has 0 aliphatic carbocycles. The van der Waals surface area contributed by atoms with Crippen molar-refractivity contribution in [2.45, 2.75) is 56.1 Å². The van der Waals surface area contributed by atoms with E-state index in [1.165, 1.54) is 22.5 Å². The van der Waals surface area contributed by atoms with Crippen LogP contribution in [0.5, 0.6) is 11.5 Å². The van der Waals surface area contributed by atoms with E-state index in [0.717, 1.165) is 18.2 Å². The monoisotopic (exact) mass is 563 g/mol. The summed E-state index contributed by atoms with van der Waals surface area (Å²) < 4.78 is 102. The number of carbonyl (C=O) groups is 1. The molecule has 0 bridgehead atoms. The van der Waals surface area contributed by atoms with Crippen molar-refractivity contribution >= 4 is 21.6 Å². The Bertz CT molecular complexity index is 1290. The van der Waals surface area contributed by atoms with Crippen LogP contribution in [0.1, 0.15) is 32.3 Å². The van der Waals surface area contributed by atoms with E-state index in [0.29, 0.717) is 32.0 Å². The first-order chi connectivity index (χ1) is 17.7. The summed E-state index contributed by atoms with van der Waals surface area (Å²) in [5.41, 5.74) is -0.803. The summed E-state index contributed by atoms with van der Waals surface area (Å²) in [6.07, 6.45) is -7.72. The van der Waals surface area contributed by atoms with Crippen LogP contribution in [0.25, 0.3) is 0 Å². The van der Waals surface area contributed by atoms with Crippen molar-refractivity contribution in [1.82, 2.24) is 9.21 Å². The highest BCUT2D eigenvalue weighted by Gasteiger charge is 2.43. The number of rotatable bonds is 7. The zero-order chi connectivity index (χ0) is 27.9. The molecule has 0 spiro atoms. The molecule has 4 rings (SSSR count). The molecule has 0 radical (unpaired) electrons. The predicted molar refractivity (Wildman–Crippen MR) is 126 cm³/mol. The van der Waals surface area contributed by atoms with Crippen molar-refractivity contribution in [3.05, 3.63) is 48.0 Å². The van der Waals surface area contributed by atoms with Crippen LogP contribution in [0.4, 0.5) is 27.6 Å². The molecule has 1 saturated heterocycles. The minimum Gasteiger partial charge on any atom is -0.395 e. The molecule has 1 fully saturated rings. The molecular weight excluding hydrogens is 537 g/mol. The van der Waals surface area contributed by atoms with Gasteiger partial charge >= 0.3 is 12.5 Å². The minimum atomic E-state index is -4.67. The van der Waals surface area contributed by atoms with Gasteiger partial charge in [-0.1, -0.05) is 6.07 Å². The molecular formula is C24H26F5N3O5S. The molecule has 38 heavy (non-hydrogen) atoms. The Morgan fingerprint density at radius 1 is 1.11 bits per heavy atom. The first-order valence-corrected chi connectivity index (χ1v) is 13.2. The molecule has 2 aromatic rings. The van der Waals surface area contributed by atoms with Crippen molar-refractivity contribution in [3.63, 3.8) is 0 Å². The van der Waals surface area contributed by atoms with Gasteiger partial charge in [-0.15, -0.1) is 8.78 Å². The van der Waals surface area contributed by atoms with Crippen LogP contribution < -0.4 is 14.8 Å². The number of alkyl halides is 5. The highest BCUT2D eigenvalue weighted by Crippen LogP contribution is 2.42. The number of sulfonamides is 1. The number of halogens is 5. The second-order valence-corrected chi connectivity index (χ2v) is 11.2. The smallest absolute Gasteiger partial charge is 0.395 e. The number of likely N-dealkylation sites (tertiary alicyclic amines) is 1. The number of hydrogen-bond acceptors (Lipinski definition) is 6. The first kappa shape index (κ1) is 28.0. The van der Waals surface area contributed by atoms with Crippen LogP contribution in [0.2, 0.25) is 0 Å². The Morgan fingerprint density at radius 2 is 1.76 bits per heavy atom. The van der Waals surface area contributed by atoms with E-state index < -0.39 is 50.9 Å². The van der Waals surface area contributed by atoms with Gasteiger partial charge in [0, 0.05) is 36.9 Å². The van der Waals surface area contributed by atoms with Crippen LogP contribution in [0.3, 0.4) is 0 Å². The third-order valence-electron chi connectivity index (χ3n) is 6.21. The zero-order valence-corrected chi connectivity index (χ0v) is 21.3. The number of hydrogen-bond donors (Lipinski definition) is 1. The average molecular weight is 564 g/mol. The van der Waals surface area contributed by atoms with Crippen molar-refractivity contribution in [1.29, 1.82) is 0 Å². The van der Waals surface area contributed by atoms with Gasteiger partial charge in [0.05, 0.1) is 17.0 Å². The standard InChI is InChI=1S/C24H26F5N3O5S/c1-15(2)32(38(34,35)19-5-3-4-16(12-19)23(25,26)27)18-8-10-31(11-9-18)14-22(33)30-17-6-7-20-21(13-17)37-24(28,29)36-20/h3-7,12-13,15,18H,8-11,14H2,1-2H3,(H,30,33). The Balaban J connectivity index is 1.37. The zero-order valence-electron chi connectivity index (χ0n) is 20.5. The van der Waals surface area contributed by atoms with Crippen molar-refractivity contribution in [2.75, 3.05) is 25.0 Å². The average Bonchev–Trinajstić information content (AvgIpc) is 3.12. The van der Waals surface area contributed by atoms with E-state index >= 15 is 0 Å². The van der Waals surface area contributed by atoms with Gasteiger partial charge in [0.15, 0.2) is 11.5 Å². The molecule has 8 nitrogen and oxygen atoms in total. The Hall–Kier alpha value is -2.97. The highest BCUT2D eigenvalue weighted by molar-refractivity contribution is 7.89. The molecule has 2 heterocycles. The molecule has 2 aliphatic rings. The number of carbonyl (C=O) groups excluding carboxylic acids is 1. The number of nitrogens with zero attached hydrogens (tertiary/aromatic N) is 2. The number of ether oxygens (including phenoxy) is 2. The van der Waals surface area contributed by atoms with Crippen molar-refractivity contribution < 1.29 is 44.6 Å². The fourth-order valence-corrected chi connectivity index (χ4v) is 6.54. The number of fused-ring (bicyclic) bond motifs is 1. The maximum absolute atomic E-state index is 13.4. The van der Waals surface area contributed by atoms with Crippen LogP contribution in [0, 0.1) is 0 Å². The van der Waals surface area contributed by atoms with Gasteiger partial charge in [-0.25, -0.2) is 8.42 Å². The summed E-state index contributed by atoms with van der Waals surface area (Å²) >= 11 is 0. The van der Waals surface area contributed by atoms with E-state index in [1.54, 1.807) is 13.8 Å². The number of piperidine rings is 1. The summed E-state index contributed by atoms with van der Waals surface area (Å²) in [4.78, 5) is 13.9. The third-order valence-corrected chi connectivity index (χ3v) is 8.34. The number of nitrogens with one attached hydrogen (secondary N) is 1. The summed E-state index contributed by atoms with van der Waals surface area (Å²) in [7, 11) is -4.22. The first-order valence-electron chi connectivity index (χ1n) is 11.8. The maximum Gasteiger partial charge on any atom is 0.586 e. The Morgan fingerprint density at radius 3 is 2.39 bits per heavy atom. The van der Waals surface area contributed by atoms with E-state index in [9.17, 15) is 35.2 Å². The molecule has 14 heteroatoms.